The fraction of sp³-hybridized carbons (Fsp3) is 0.136. The van der Waals surface area contributed by atoms with Gasteiger partial charge in [0.25, 0.3) is 5.56 Å². The molecule has 2 aromatic heterocycles. The number of rotatable bonds is 6. The topological polar surface area (TPSA) is 105 Å². The third-order valence-corrected chi connectivity index (χ3v) is 4.74. The lowest BCUT2D eigenvalue weighted by Crippen LogP contribution is -1.96. The molecule has 0 aliphatic rings. The van der Waals surface area contributed by atoms with Crippen molar-refractivity contribution in [2.75, 3.05) is 14.2 Å². The Balaban J connectivity index is 1.71. The lowest BCUT2D eigenvalue weighted by atomic mass is 10.0. The van der Waals surface area contributed by atoms with E-state index in [1.807, 2.05) is 37.3 Å². The molecule has 152 valence electrons. The van der Waals surface area contributed by atoms with Gasteiger partial charge in [-0.2, -0.15) is 5.11 Å². The van der Waals surface area contributed by atoms with E-state index in [0.29, 0.717) is 28.4 Å². The first-order valence-electron chi connectivity index (χ1n) is 9.18. The molecule has 0 amide bonds. The molecule has 0 saturated carbocycles. The van der Waals surface area contributed by atoms with Crippen LogP contribution in [0.3, 0.4) is 0 Å². The number of azo groups is 1. The maximum Gasteiger partial charge on any atom is 0.292 e. The number of benzene rings is 2. The summed E-state index contributed by atoms with van der Waals surface area (Å²) in [7, 11) is 3.12. The number of aromatic amines is 2. The van der Waals surface area contributed by atoms with Gasteiger partial charge in [-0.15, -0.1) is 5.11 Å². The van der Waals surface area contributed by atoms with Crippen molar-refractivity contribution in [1.82, 2.24) is 10.2 Å². The quantitative estimate of drug-likeness (QED) is 0.421. The van der Waals surface area contributed by atoms with Gasteiger partial charge in [0, 0.05) is 11.1 Å². The summed E-state index contributed by atoms with van der Waals surface area (Å²) >= 11 is 0. The van der Waals surface area contributed by atoms with Crippen molar-refractivity contribution in [3.05, 3.63) is 70.9 Å². The molecule has 30 heavy (non-hydrogen) atoms. The predicted octanol–water partition coefficient (Wildman–Crippen LogP) is 5.37. The molecule has 0 bridgehead atoms. The second-order valence-electron chi connectivity index (χ2n) is 6.58. The Morgan fingerprint density at radius 3 is 2.47 bits per heavy atom. The third-order valence-electron chi connectivity index (χ3n) is 4.74. The summed E-state index contributed by atoms with van der Waals surface area (Å²) in [6, 6.07) is 12.9. The molecule has 8 heteroatoms. The first kappa shape index (κ1) is 19.3. The van der Waals surface area contributed by atoms with Gasteiger partial charge in [0.15, 0.2) is 17.2 Å². The summed E-state index contributed by atoms with van der Waals surface area (Å²) in [6.07, 6.45) is 3.30. The molecule has 0 radical (unpaired) electrons. The maximum absolute atomic E-state index is 12.3. The number of hydrogen-bond donors (Lipinski definition) is 2. The standard InChI is InChI=1S/C22H20N4O4/c1-13-4-6-16(11-17(13)15-8-9-30-12-15)23-25-21-20(24-26-22(21)27)14-5-7-18(28-2)19(10-14)29-3/h4-12H,1-3H3,(H2,24,26,27). The van der Waals surface area contributed by atoms with Crippen molar-refractivity contribution in [3.8, 4) is 33.9 Å². The molecule has 4 rings (SSSR count). The zero-order chi connectivity index (χ0) is 21.1. The highest BCUT2D eigenvalue weighted by Crippen LogP contribution is 2.35. The van der Waals surface area contributed by atoms with E-state index in [1.165, 1.54) is 0 Å². The molecule has 8 nitrogen and oxygen atoms in total. The predicted molar refractivity (Wildman–Crippen MR) is 113 cm³/mol. The smallest absolute Gasteiger partial charge is 0.292 e. The van der Waals surface area contributed by atoms with Gasteiger partial charge in [0.2, 0.25) is 0 Å². The Labute approximate surface area is 172 Å². The number of ether oxygens (including phenoxy) is 2. The molecule has 0 aliphatic carbocycles. The van der Waals surface area contributed by atoms with Crippen LogP contribution in [0.2, 0.25) is 0 Å². The van der Waals surface area contributed by atoms with Gasteiger partial charge in [-0.1, -0.05) is 6.07 Å². The molecule has 0 atom stereocenters. The zero-order valence-corrected chi connectivity index (χ0v) is 16.7. The molecule has 0 unspecified atom stereocenters. The third kappa shape index (κ3) is 3.62. The van der Waals surface area contributed by atoms with Gasteiger partial charge in [-0.25, -0.2) is 0 Å². The van der Waals surface area contributed by atoms with Crippen LogP contribution < -0.4 is 15.0 Å². The van der Waals surface area contributed by atoms with E-state index >= 15 is 0 Å². The molecule has 4 aromatic rings. The normalized spacial score (nSPS) is 11.2. The molecule has 0 saturated heterocycles. The van der Waals surface area contributed by atoms with Gasteiger partial charge in [0.05, 0.1) is 38.1 Å². The minimum Gasteiger partial charge on any atom is -0.493 e. The lowest BCUT2D eigenvalue weighted by molar-refractivity contribution is 0.355. The second-order valence-corrected chi connectivity index (χ2v) is 6.58. The van der Waals surface area contributed by atoms with Crippen LogP contribution in [0.15, 0.2) is 74.4 Å². The fourth-order valence-electron chi connectivity index (χ4n) is 3.16. The lowest BCUT2D eigenvalue weighted by Gasteiger charge is -2.08. The van der Waals surface area contributed by atoms with E-state index in [9.17, 15) is 4.79 Å². The average Bonchev–Trinajstić information content (AvgIpc) is 3.43. The molecule has 0 fully saturated rings. The van der Waals surface area contributed by atoms with Gasteiger partial charge < -0.3 is 13.9 Å². The Hall–Kier alpha value is -4.07. The highest BCUT2D eigenvalue weighted by atomic mass is 16.5. The summed E-state index contributed by atoms with van der Waals surface area (Å²) in [5, 5.41) is 13.9. The van der Waals surface area contributed by atoms with Gasteiger partial charge >= 0.3 is 0 Å². The number of aryl methyl sites for hydroxylation is 1. The van der Waals surface area contributed by atoms with Crippen molar-refractivity contribution >= 4 is 11.4 Å². The zero-order valence-electron chi connectivity index (χ0n) is 16.7. The minimum absolute atomic E-state index is 0.174. The van der Waals surface area contributed by atoms with Crippen LogP contribution in [0.5, 0.6) is 11.5 Å². The number of furan rings is 1. The van der Waals surface area contributed by atoms with E-state index < -0.39 is 0 Å². The first-order valence-corrected chi connectivity index (χ1v) is 9.18. The summed E-state index contributed by atoms with van der Waals surface area (Å²) in [5.41, 5.74) is 4.67. The van der Waals surface area contributed by atoms with Crippen LogP contribution in [0.4, 0.5) is 11.4 Å². The number of nitrogens with zero attached hydrogens (tertiary/aromatic N) is 2. The van der Waals surface area contributed by atoms with Crippen molar-refractivity contribution in [3.63, 3.8) is 0 Å². The number of H-pyrrole nitrogens is 2. The largest absolute Gasteiger partial charge is 0.493 e. The molecule has 2 aromatic carbocycles. The molecule has 2 heterocycles. The Bertz CT molecular complexity index is 1250. The second kappa shape index (κ2) is 8.12. The molecular formula is C22H20N4O4. The highest BCUT2D eigenvalue weighted by Gasteiger charge is 2.14. The van der Waals surface area contributed by atoms with Crippen molar-refractivity contribution in [1.29, 1.82) is 0 Å². The Morgan fingerprint density at radius 1 is 0.900 bits per heavy atom. The van der Waals surface area contributed by atoms with Crippen LogP contribution in [0.1, 0.15) is 5.56 Å². The van der Waals surface area contributed by atoms with Crippen LogP contribution in [0, 0.1) is 6.92 Å². The summed E-state index contributed by atoms with van der Waals surface area (Å²) in [5.74, 6) is 1.14. The number of hydrogen-bond acceptors (Lipinski definition) is 6. The van der Waals surface area contributed by atoms with E-state index in [4.69, 9.17) is 13.9 Å². The van der Waals surface area contributed by atoms with Crippen LogP contribution in [-0.2, 0) is 0 Å². The Kier molecular flexibility index (Phi) is 5.21. The molecule has 2 N–H and O–H groups in total. The van der Waals surface area contributed by atoms with Gasteiger partial charge in [0.1, 0.15) is 0 Å². The van der Waals surface area contributed by atoms with Crippen LogP contribution in [0.25, 0.3) is 22.4 Å². The SMILES string of the molecule is COc1ccc(-c2[nH][nH]c(=O)c2N=Nc2ccc(C)c(-c3ccoc3)c2)cc1OC. The van der Waals surface area contributed by atoms with E-state index in [1.54, 1.807) is 38.9 Å². The van der Waals surface area contributed by atoms with Crippen LogP contribution >= 0.6 is 0 Å². The van der Waals surface area contributed by atoms with Gasteiger partial charge in [-0.3, -0.25) is 15.0 Å². The monoisotopic (exact) mass is 404 g/mol. The molecular weight excluding hydrogens is 384 g/mol. The van der Waals surface area contributed by atoms with Crippen molar-refractivity contribution in [2.24, 2.45) is 10.2 Å². The van der Waals surface area contributed by atoms with Crippen molar-refractivity contribution in [2.45, 2.75) is 6.92 Å². The summed E-state index contributed by atoms with van der Waals surface area (Å²) in [4.78, 5) is 12.3. The number of methoxy groups -OCH3 is 2. The highest BCUT2D eigenvalue weighted by molar-refractivity contribution is 5.74. The van der Waals surface area contributed by atoms with E-state index in [2.05, 4.69) is 20.4 Å². The minimum atomic E-state index is -0.370. The van der Waals surface area contributed by atoms with E-state index in [0.717, 1.165) is 16.7 Å². The summed E-state index contributed by atoms with van der Waals surface area (Å²) in [6.45, 7) is 2.01. The number of aromatic nitrogens is 2. The van der Waals surface area contributed by atoms with Crippen molar-refractivity contribution < 1.29 is 13.9 Å². The molecule has 0 spiro atoms. The van der Waals surface area contributed by atoms with Gasteiger partial charge in [-0.05, 0) is 54.4 Å². The van der Waals surface area contributed by atoms with Crippen LogP contribution in [-0.4, -0.2) is 24.4 Å². The van der Waals surface area contributed by atoms with E-state index in [-0.39, 0.29) is 11.2 Å². The summed E-state index contributed by atoms with van der Waals surface area (Å²) < 4.78 is 15.8. The first-order chi connectivity index (χ1) is 14.6. The Morgan fingerprint density at radius 2 is 1.73 bits per heavy atom. The molecule has 0 aliphatic heterocycles. The average molecular weight is 404 g/mol. The maximum atomic E-state index is 12.3. The fourth-order valence-corrected chi connectivity index (χ4v) is 3.16. The number of nitrogens with one attached hydrogen (secondary N) is 2.